The number of aromatic nitrogens is 1. The van der Waals surface area contributed by atoms with E-state index in [4.69, 9.17) is 4.74 Å². The fourth-order valence-corrected chi connectivity index (χ4v) is 3.78. The van der Waals surface area contributed by atoms with Crippen LogP contribution in [0.5, 0.6) is 5.75 Å². The van der Waals surface area contributed by atoms with Crippen LogP contribution in [0.25, 0.3) is 0 Å². The molecular weight excluding hydrogens is 355 g/mol. The number of rotatable bonds is 4. The molecule has 5 nitrogen and oxygen atoms in total. The van der Waals surface area contributed by atoms with E-state index in [0.717, 1.165) is 5.69 Å². The second kappa shape index (κ2) is 6.46. The molecule has 1 N–H and O–H groups in total. The highest BCUT2D eigenvalue weighted by molar-refractivity contribution is 7.17. The van der Waals surface area contributed by atoms with Crippen LogP contribution in [0.3, 0.4) is 0 Å². The van der Waals surface area contributed by atoms with Gasteiger partial charge >= 0.3 is 0 Å². The lowest BCUT2D eigenvalue weighted by Gasteiger charge is -2.26. The number of benzene rings is 1. The zero-order valence-electron chi connectivity index (χ0n) is 15.2. The maximum absolute atomic E-state index is 13.0. The minimum atomic E-state index is -1.19. The zero-order valence-corrected chi connectivity index (χ0v) is 16.0. The van der Waals surface area contributed by atoms with Gasteiger partial charge in [-0.05, 0) is 49.9 Å². The molecule has 0 saturated carbocycles. The summed E-state index contributed by atoms with van der Waals surface area (Å²) in [6.45, 7) is 7.30. The Morgan fingerprint density at radius 1 is 1.27 bits per heavy atom. The summed E-state index contributed by atoms with van der Waals surface area (Å²) in [4.78, 5) is 29.9. The lowest BCUT2D eigenvalue weighted by Crippen LogP contribution is -2.42. The van der Waals surface area contributed by atoms with Gasteiger partial charge in [0.2, 0.25) is 0 Å². The number of anilines is 1. The fraction of sp³-hybridized carbons (Fsp3) is 0.421. The largest absolute Gasteiger partial charge is 0.478 e. The number of ketones is 1. The molecule has 0 aliphatic heterocycles. The van der Waals surface area contributed by atoms with Gasteiger partial charge in [0.25, 0.3) is 5.91 Å². The summed E-state index contributed by atoms with van der Waals surface area (Å²) in [6, 6.07) is 5.47. The number of fused-ring (bicyclic) bond motifs is 1. The van der Waals surface area contributed by atoms with Crippen molar-refractivity contribution in [3.63, 3.8) is 0 Å². The SMILES string of the molecule is CC1(C)CC(=O)c2sc(NC(=O)C(C)(C)Oc3ccc(F)cc3)nc2C1. The average Bonchev–Trinajstić information content (AvgIpc) is 2.90. The molecule has 3 rings (SSSR count). The predicted octanol–water partition coefficient (Wildman–Crippen LogP) is 4.23. The van der Waals surface area contributed by atoms with Crippen molar-refractivity contribution in [2.45, 2.75) is 46.1 Å². The fourth-order valence-electron chi connectivity index (χ4n) is 2.86. The number of carbonyl (C=O) groups is 2. The number of carbonyl (C=O) groups excluding carboxylic acids is 2. The van der Waals surface area contributed by atoms with Gasteiger partial charge in [0.1, 0.15) is 11.6 Å². The van der Waals surface area contributed by atoms with Crippen molar-refractivity contribution in [2.24, 2.45) is 5.41 Å². The summed E-state index contributed by atoms with van der Waals surface area (Å²) in [5.74, 6) is -0.307. The molecule has 7 heteroatoms. The molecule has 1 aliphatic carbocycles. The van der Waals surface area contributed by atoms with Crippen LogP contribution in [0.4, 0.5) is 9.52 Å². The Labute approximate surface area is 155 Å². The first-order chi connectivity index (χ1) is 12.1. The molecule has 138 valence electrons. The van der Waals surface area contributed by atoms with E-state index in [0.29, 0.717) is 28.6 Å². The lowest BCUT2D eigenvalue weighted by molar-refractivity contribution is -0.128. The van der Waals surface area contributed by atoms with Crippen LogP contribution < -0.4 is 10.1 Å². The van der Waals surface area contributed by atoms with E-state index in [1.54, 1.807) is 13.8 Å². The number of nitrogens with one attached hydrogen (secondary N) is 1. The number of Topliss-reactive ketones (excluding diaryl/α,β-unsaturated/α-hetero) is 1. The van der Waals surface area contributed by atoms with Crippen molar-refractivity contribution >= 4 is 28.2 Å². The van der Waals surface area contributed by atoms with E-state index in [1.165, 1.54) is 35.6 Å². The van der Waals surface area contributed by atoms with Crippen molar-refractivity contribution < 1.29 is 18.7 Å². The number of nitrogens with zero attached hydrogens (tertiary/aromatic N) is 1. The first-order valence-electron chi connectivity index (χ1n) is 8.35. The molecule has 1 aliphatic rings. The third-order valence-corrected chi connectivity index (χ3v) is 5.24. The molecule has 26 heavy (non-hydrogen) atoms. The quantitative estimate of drug-likeness (QED) is 0.867. The van der Waals surface area contributed by atoms with E-state index in [-0.39, 0.29) is 22.9 Å². The van der Waals surface area contributed by atoms with Crippen LogP contribution in [-0.4, -0.2) is 22.3 Å². The topological polar surface area (TPSA) is 68.3 Å². The Hall–Kier alpha value is -2.28. The molecular formula is C19H21FN2O3S. The molecule has 0 fully saturated rings. The van der Waals surface area contributed by atoms with Gasteiger partial charge in [-0.2, -0.15) is 0 Å². The summed E-state index contributed by atoms with van der Waals surface area (Å²) in [6.07, 6.45) is 1.19. The van der Waals surface area contributed by atoms with Gasteiger partial charge in [-0.15, -0.1) is 0 Å². The van der Waals surface area contributed by atoms with Crippen molar-refractivity contribution in [1.82, 2.24) is 4.98 Å². The van der Waals surface area contributed by atoms with Crippen molar-refractivity contribution in [2.75, 3.05) is 5.32 Å². The summed E-state index contributed by atoms with van der Waals surface area (Å²) < 4.78 is 18.7. The molecule has 2 aromatic rings. The molecule has 0 unspecified atom stereocenters. The van der Waals surface area contributed by atoms with Crippen LogP contribution in [0, 0.1) is 11.2 Å². The second-order valence-corrected chi connectivity index (χ2v) is 8.76. The van der Waals surface area contributed by atoms with Gasteiger partial charge in [-0.3, -0.25) is 14.9 Å². The highest BCUT2D eigenvalue weighted by Gasteiger charge is 2.35. The van der Waals surface area contributed by atoms with Gasteiger partial charge in [0.15, 0.2) is 16.5 Å². The Morgan fingerprint density at radius 2 is 1.92 bits per heavy atom. The molecule has 0 saturated heterocycles. The lowest BCUT2D eigenvalue weighted by atomic mass is 9.78. The van der Waals surface area contributed by atoms with E-state index >= 15 is 0 Å². The number of hydrogen-bond acceptors (Lipinski definition) is 5. The zero-order chi connectivity index (χ0) is 19.1. The van der Waals surface area contributed by atoms with Crippen LogP contribution in [0.15, 0.2) is 24.3 Å². The highest BCUT2D eigenvalue weighted by atomic mass is 32.1. The van der Waals surface area contributed by atoms with E-state index in [2.05, 4.69) is 10.3 Å². The number of halogens is 1. The highest BCUT2D eigenvalue weighted by Crippen LogP contribution is 2.38. The van der Waals surface area contributed by atoms with Gasteiger partial charge in [0.05, 0.1) is 10.6 Å². The number of amides is 1. The first-order valence-corrected chi connectivity index (χ1v) is 9.16. The molecule has 0 bridgehead atoms. The minimum absolute atomic E-state index is 0.0658. The maximum atomic E-state index is 13.0. The van der Waals surface area contributed by atoms with Gasteiger partial charge in [-0.1, -0.05) is 25.2 Å². The number of ether oxygens (including phenoxy) is 1. The van der Waals surface area contributed by atoms with Gasteiger partial charge in [0, 0.05) is 6.42 Å². The summed E-state index contributed by atoms with van der Waals surface area (Å²) >= 11 is 1.20. The molecule has 1 aromatic carbocycles. The number of thiazole rings is 1. The Morgan fingerprint density at radius 3 is 2.58 bits per heavy atom. The summed E-state index contributed by atoms with van der Waals surface area (Å²) in [5.41, 5.74) is -0.568. The molecule has 0 atom stereocenters. The molecule has 1 amide bonds. The third kappa shape index (κ3) is 3.93. The van der Waals surface area contributed by atoms with Crippen LogP contribution in [-0.2, 0) is 11.2 Å². The molecule has 0 spiro atoms. The smallest absolute Gasteiger partial charge is 0.269 e. The third-order valence-electron chi connectivity index (χ3n) is 4.19. The first kappa shape index (κ1) is 18.5. The molecule has 1 heterocycles. The Bertz CT molecular complexity index is 856. The van der Waals surface area contributed by atoms with Crippen molar-refractivity contribution in [1.29, 1.82) is 0 Å². The standard InChI is InChI=1S/C19H21FN2O3S/c1-18(2)9-13-15(14(23)10-18)26-17(21-13)22-16(24)19(3,4)25-12-7-5-11(20)6-8-12/h5-8H,9-10H2,1-4H3,(H,21,22,24). The summed E-state index contributed by atoms with van der Waals surface area (Å²) in [7, 11) is 0. The maximum Gasteiger partial charge on any atom is 0.269 e. The van der Waals surface area contributed by atoms with Crippen molar-refractivity contribution in [3.05, 3.63) is 40.7 Å². The molecule has 0 radical (unpaired) electrons. The Balaban J connectivity index is 1.73. The monoisotopic (exact) mass is 376 g/mol. The summed E-state index contributed by atoms with van der Waals surface area (Å²) in [5, 5.41) is 3.13. The predicted molar refractivity (Wildman–Crippen MR) is 98.3 cm³/mol. The van der Waals surface area contributed by atoms with E-state index in [9.17, 15) is 14.0 Å². The van der Waals surface area contributed by atoms with Crippen LogP contribution in [0.2, 0.25) is 0 Å². The average molecular weight is 376 g/mol. The number of hydrogen-bond donors (Lipinski definition) is 1. The minimum Gasteiger partial charge on any atom is -0.478 e. The van der Waals surface area contributed by atoms with E-state index < -0.39 is 5.60 Å². The van der Waals surface area contributed by atoms with Crippen LogP contribution >= 0.6 is 11.3 Å². The van der Waals surface area contributed by atoms with Gasteiger partial charge < -0.3 is 4.74 Å². The second-order valence-electron chi connectivity index (χ2n) is 7.76. The normalized spacial score (nSPS) is 16.1. The van der Waals surface area contributed by atoms with Crippen molar-refractivity contribution in [3.8, 4) is 5.75 Å². The van der Waals surface area contributed by atoms with E-state index in [1.807, 2.05) is 13.8 Å². The van der Waals surface area contributed by atoms with Crippen LogP contribution in [0.1, 0.15) is 49.5 Å². The Kier molecular flexibility index (Phi) is 4.60. The van der Waals surface area contributed by atoms with Gasteiger partial charge in [-0.25, -0.2) is 9.37 Å². The molecule has 1 aromatic heterocycles.